The number of methoxy groups -OCH3 is 1. The molecular weight excluding hydrogens is 244 g/mol. The Morgan fingerprint density at radius 1 is 1.47 bits per heavy atom. The third kappa shape index (κ3) is 3.48. The highest BCUT2D eigenvalue weighted by Gasteiger charge is 2.24. The Bertz CT molecular complexity index is 511. The van der Waals surface area contributed by atoms with Crippen molar-refractivity contribution in [3.63, 3.8) is 0 Å². The normalized spacial score (nSPS) is 15.4. The lowest BCUT2D eigenvalue weighted by Gasteiger charge is -2.10. The summed E-state index contributed by atoms with van der Waals surface area (Å²) < 4.78 is 35.1. The molecule has 6 nitrogen and oxygen atoms in total. The molecule has 0 amide bonds. The van der Waals surface area contributed by atoms with Gasteiger partial charge in [-0.25, -0.2) is 13.4 Å². The summed E-state index contributed by atoms with van der Waals surface area (Å²) in [5.41, 5.74) is 0. The van der Waals surface area contributed by atoms with Crippen molar-refractivity contribution >= 4 is 15.8 Å². The lowest BCUT2D eigenvalue weighted by molar-refractivity contribution is 0.299. The molecule has 1 heterocycles. The first kappa shape index (κ1) is 12.0. The molecule has 1 N–H and O–H groups in total. The number of hydrogen-bond donors (Lipinski definition) is 1. The maximum atomic E-state index is 11.1. The van der Waals surface area contributed by atoms with E-state index in [-0.39, 0.29) is 11.9 Å². The van der Waals surface area contributed by atoms with Crippen LogP contribution in [0.2, 0.25) is 0 Å². The van der Waals surface area contributed by atoms with E-state index in [2.05, 4.69) is 9.71 Å². The third-order valence-electron chi connectivity index (χ3n) is 2.16. The molecule has 1 fully saturated rings. The Labute approximate surface area is 100 Å². The summed E-state index contributed by atoms with van der Waals surface area (Å²) in [4.78, 5) is 3.98. The van der Waals surface area contributed by atoms with E-state index in [1.54, 1.807) is 6.07 Å². The summed E-state index contributed by atoms with van der Waals surface area (Å²) in [5.74, 6) is 1.09. The number of hydrogen-bond acceptors (Lipinski definition) is 5. The van der Waals surface area contributed by atoms with E-state index in [1.807, 2.05) is 0 Å². The van der Waals surface area contributed by atoms with Crippen molar-refractivity contribution in [1.29, 1.82) is 0 Å². The van der Waals surface area contributed by atoms with Crippen LogP contribution in [0.4, 0.5) is 5.82 Å². The van der Waals surface area contributed by atoms with Gasteiger partial charge in [0, 0.05) is 6.07 Å². The van der Waals surface area contributed by atoms with Gasteiger partial charge in [-0.1, -0.05) is 0 Å². The highest BCUT2D eigenvalue weighted by molar-refractivity contribution is 7.92. The van der Waals surface area contributed by atoms with Crippen molar-refractivity contribution in [3.8, 4) is 11.5 Å². The van der Waals surface area contributed by atoms with Crippen LogP contribution in [0.25, 0.3) is 0 Å². The molecule has 94 valence electrons. The molecule has 0 unspecified atom stereocenters. The van der Waals surface area contributed by atoms with Crippen molar-refractivity contribution in [1.82, 2.24) is 4.98 Å². The molecule has 2 rings (SSSR count). The maximum absolute atomic E-state index is 11.1. The van der Waals surface area contributed by atoms with E-state index in [0.29, 0.717) is 11.5 Å². The highest BCUT2D eigenvalue weighted by atomic mass is 32.2. The van der Waals surface area contributed by atoms with E-state index in [4.69, 9.17) is 9.47 Å². The molecule has 0 bridgehead atoms. The summed E-state index contributed by atoms with van der Waals surface area (Å²) in [6.07, 6.45) is 4.89. The van der Waals surface area contributed by atoms with Gasteiger partial charge in [-0.3, -0.25) is 4.72 Å². The van der Waals surface area contributed by atoms with Crippen molar-refractivity contribution in [2.24, 2.45) is 0 Å². The monoisotopic (exact) mass is 258 g/mol. The van der Waals surface area contributed by atoms with E-state index < -0.39 is 10.0 Å². The van der Waals surface area contributed by atoms with Crippen molar-refractivity contribution < 1.29 is 17.9 Å². The van der Waals surface area contributed by atoms with Gasteiger partial charge in [0.2, 0.25) is 10.0 Å². The first-order valence-electron chi connectivity index (χ1n) is 5.16. The molecule has 17 heavy (non-hydrogen) atoms. The lowest BCUT2D eigenvalue weighted by Crippen LogP contribution is -2.12. The number of pyridine rings is 1. The largest absolute Gasteiger partial charge is 0.493 e. The summed E-state index contributed by atoms with van der Waals surface area (Å²) in [7, 11) is -1.92. The number of nitrogens with zero attached hydrogens (tertiary/aromatic N) is 1. The van der Waals surface area contributed by atoms with E-state index >= 15 is 0 Å². The van der Waals surface area contributed by atoms with Crippen LogP contribution in [-0.2, 0) is 10.0 Å². The fraction of sp³-hybridized carbons (Fsp3) is 0.500. The van der Waals surface area contributed by atoms with Crippen molar-refractivity contribution in [3.05, 3.63) is 12.3 Å². The smallest absolute Gasteiger partial charge is 0.231 e. The van der Waals surface area contributed by atoms with Gasteiger partial charge in [-0.2, -0.15) is 0 Å². The van der Waals surface area contributed by atoms with E-state index in [0.717, 1.165) is 19.1 Å². The van der Waals surface area contributed by atoms with Crippen LogP contribution < -0.4 is 14.2 Å². The summed E-state index contributed by atoms with van der Waals surface area (Å²) in [6, 6.07) is 1.62. The van der Waals surface area contributed by atoms with Crippen LogP contribution in [0, 0.1) is 0 Å². The number of rotatable bonds is 5. The van der Waals surface area contributed by atoms with Gasteiger partial charge in [0.1, 0.15) is 5.75 Å². The predicted octanol–water partition coefficient (Wildman–Crippen LogP) is 1.00. The second kappa shape index (κ2) is 4.40. The molecule has 7 heteroatoms. The molecule has 0 atom stereocenters. The van der Waals surface area contributed by atoms with Crippen LogP contribution in [0.1, 0.15) is 12.8 Å². The van der Waals surface area contributed by atoms with Crippen molar-refractivity contribution in [2.75, 3.05) is 18.1 Å². The number of ether oxygens (including phenoxy) is 2. The van der Waals surface area contributed by atoms with E-state index in [1.165, 1.54) is 13.3 Å². The van der Waals surface area contributed by atoms with Gasteiger partial charge in [0.15, 0.2) is 11.6 Å². The second-order valence-corrected chi connectivity index (χ2v) is 5.66. The van der Waals surface area contributed by atoms with Crippen LogP contribution in [-0.4, -0.2) is 32.9 Å². The first-order chi connectivity index (χ1) is 7.98. The molecule has 1 aliphatic rings. The molecule has 1 saturated carbocycles. The summed E-state index contributed by atoms with van der Waals surface area (Å²) >= 11 is 0. The van der Waals surface area contributed by atoms with Crippen LogP contribution in [0.3, 0.4) is 0 Å². The Morgan fingerprint density at radius 3 is 2.71 bits per heavy atom. The quantitative estimate of drug-likeness (QED) is 0.852. The second-order valence-electron chi connectivity index (χ2n) is 3.91. The zero-order chi connectivity index (χ0) is 12.5. The molecular formula is C10H14N2O4S. The van der Waals surface area contributed by atoms with Crippen LogP contribution >= 0.6 is 0 Å². The first-order valence-corrected chi connectivity index (χ1v) is 7.05. The van der Waals surface area contributed by atoms with Crippen LogP contribution in [0.15, 0.2) is 12.3 Å². The minimum Gasteiger partial charge on any atom is -0.493 e. The molecule has 0 saturated heterocycles. The Kier molecular flexibility index (Phi) is 3.10. The number of anilines is 1. The lowest BCUT2D eigenvalue weighted by atomic mass is 10.4. The van der Waals surface area contributed by atoms with Crippen LogP contribution in [0.5, 0.6) is 11.5 Å². The average Bonchev–Trinajstić information content (AvgIpc) is 3.02. The molecule has 1 aliphatic carbocycles. The molecule has 1 aromatic rings. The standard InChI is InChI=1S/C10H14N2O4S/c1-15-9-5-8(16-7-3-4-7)6-11-10(9)12-17(2,13)14/h5-7H,3-4H2,1-2H3,(H,11,12). The average molecular weight is 258 g/mol. The highest BCUT2D eigenvalue weighted by Crippen LogP contribution is 2.31. The van der Waals surface area contributed by atoms with Crippen molar-refractivity contribution in [2.45, 2.75) is 18.9 Å². The molecule has 0 spiro atoms. The zero-order valence-corrected chi connectivity index (χ0v) is 10.5. The van der Waals surface area contributed by atoms with Gasteiger partial charge in [0.05, 0.1) is 25.7 Å². The maximum Gasteiger partial charge on any atom is 0.231 e. The summed E-state index contributed by atoms with van der Waals surface area (Å²) in [5, 5.41) is 0. The SMILES string of the molecule is COc1cc(OC2CC2)cnc1NS(C)(=O)=O. The van der Waals surface area contributed by atoms with Gasteiger partial charge in [-0.15, -0.1) is 0 Å². The number of nitrogens with one attached hydrogen (secondary N) is 1. The van der Waals surface area contributed by atoms with Gasteiger partial charge >= 0.3 is 0 Å². The minimum absolute atomic E-state index is 0.165. The Hall–Kier alpha value is -1.50. The Morgan fingerprint density at radius 2 is 2.18 bits per heavy atom. The number of sulfonamides is 1. The van der Waals surface area contributed by atoms with Gasteiger partial charge < -0.3 is 9.47 Å². The number of aromatic nitrogens is 1. The van der Waals surface area contributed by atoms with Gasteiger partial charge in [0.25, 0.3) is 0 Å². The van der Waals surface area contributed by atoms with E-state index in [9.17, 15) is 8.42 Å². The molecule has 0 radical (unpaired) electrons. The molecule has 0 aliphatic heterocycles. The summed E-state index contributed by atoms with van der Waals surface area (Å²) in [6.45, 7) is 0. The topological polar surface area (TPSA) is 77.5 Å². The fourth-order valence-corrected chi connectivity index (χ4v) is 1.78. The fourth-order valence-electron chi connectivity index (χ4n) is 1.28. The van der Waals surface area contributed by atoms with Gasteiger partial charge in [-0.05, 0) is 12.8 Å². The zero-order valence-electron chi connectivity index (χ0n) is 9.63. The molecule has 0 aromatic carbocycles. The third-order valence-corrected chi connectivity index (χ3v) is 2.72. The molecule has 1 aromatic heterocycles. The minimum atomic E-state index is -3.37. The Balaban J connectivity index is 2.21. The predicted molar refractivity (Wildman–Crippen MR) is 62.9 cm³/mol.